The smallest absolute Gasteiger partial charge is 0.229 e. The number of methoxy groups -OCH3 is 1. The minimum Gasteiger partial charge on any atom is -0.497 e. The molecule has 1 fully saturated rings. The van der Waals surface area contributed by atoms with Gasteiger partial charge in [-0.05, 0) is 25.0 Å². The van der Waals surface area contributed by atoms with E-state index in [4.69, 9.17) is 10.5 Å². The minimum absolute atomic E-state index is 0. The Morgan fingerprint density at radius 2 is 2.08 bits per heavy atom. The standard InChI is InChI=1S/C18H27N3O3.ClH/c1-4-18(5-2,12-19)17(23)20-13-9-16(22)21(11-13)14-7-6-8-15(10-14)24-3;/h6-8,10,13H,4-5,9,11-12,19H2,1-3H3,(H,20,23);1H. The molecule has 0 bridgehead atoms. The first-order valence-corrected chi connectivity index (χ1v) is 8.45. The first kappa shape index (κ1) is 21.3. The lowest BCUT2D eigenvalue weighted by Gasteiger charge is -2.30. The summed E-state index contributed by atoms with van der Waals surface area (Å²) >= 11 is 0. The first-order chi connectivity index (χ1) is 11.5. The van der Waals surface area contributed by atoms with Gasteiger partial charge in [-0.25, -0.2) is 0 Å². The maximum atomic E-state index is 12.6. The summed E-state index contributed by atoms with van der Waals surface area (Å²) in [6, 6.07) is 7.18. The van der Waals surface area contributed by atoms with E-state index in [9.17, 15) is 9.59 Å². The number of carbonyl (C=O) groups excluding carboxylic acids is 2. The summed E-state index contributed by atoms with van der Waals surface area (Å²) in [4.78, 5) is 26.6. The number of ether oxygens (including phenoxy) is 1. The fourth-order valence-corrected chi connectivity index (χ4v) is 3.12. The molecule has 0 spiro atoms. The van der Waals surface area contributed by atoms with E-state index in [1.165, 1.54) is 0 Å². The number of benzene rings is 1. The second kappa shape index (κ2) is 9.06. The van der Waals surface area contributed by atoms with E-state index >= 15 is 0 Å². The summed E-state index contributed by atoms with van der Waals surface area (Å²) in [6.07, 6.45) is 1.68. The Balaban J connectivity index is 0.00000312. The van der Waals surface area contributed by atoms with Gasteiger partial charge in [0.15, 0.2) is 0 Å². The zero-order valence-corrected chi connectivity index (χ0v) is 15.9. The summed E-state index contributed by atoms with van der Waals surface area (Å²) in [5.74, 6) is 0.645. The van der Waals surface area contributed by atoms with Gasteiger partial charge in [0.1, 0.15) is 5.75 Å². The number of hydrogen-bond donors (Lipinski definition) is 2. The molecule has 1 atom stereocenters. The van der Waals surface area contributed by atoms with Crippen LogP contribution >= 0.6 is 12.4 Å². The van der Waals surface area contributed by atoms with Gasteiger partial charge in [0.05, 0.1) is 18.6 Å². The van der Waals surface area contributed by atoms with Crippen molar-refractivity contribution in [2.45, 2.75) is 39.2 Å². The maximum Gasteiger partial charge on any atom is 0.229 e. The molecule has 1 unspecified atom stereocenters. The Hall–Kier alpha value is -1.79. The average molecular weight is 370 g/mol. The van der Waals surface area contributed by atoms with Gasteiger partial charge in [-0.2, -0.15) is 0 Å². The number of nitrogens with one attached hydrogen (secondary N) is 1. The fraction of sp³-hybridized carbons (Fsp3) is 0.556. The number of hydrogen-bond acceptors (Lipinski definition) is 4. The summed E-state index contributed by atoms with van der Waals surface area (Å²) in [5, 5.41) is 3.02. The Labute approximate surface area is 155 Å². The zero-order valence-electron chi connectivity index (χ0n) is 15.1. The highest BCUT2D eigenvalue weighted by atomic mass is 35.5. The number of amides is 2. The van der Waals surface area contributed by atoms with E-state index in [-0.39, 0.29) is 30.3 Å². The molecule has 25 heavy (non-hydrogen) atoms. The number of nitrogens with two attached hydrogens (primary N) is 1. The molecule has 1 aliphatic rings. The largest absolute Gasteiger partial charge is 0.497 e. The van der Waals surface area contributed by atoms with Gasteiger partial charge in [0, 0.05) is 31.3 Å². The molecule has 2 rings (SSSR count). The van der Waals surface area contributed by atoms with Gasteiger partial charge in [-0.15, -0.1) is 12.4 Å². The van der Waals surface area contributed by atoms with Crippen LogP contribution in [0.15, 0.2) is 24.3 Å². The topological polar surface area (TPSA) is 84.7 Å². The second-order valence-electron chi connectivity index (χ2n) is 6.27. The highest BCUT2D eigenvalue weighted by molar-refractivity contribution is 5.97. The fourth-order valence-electron chi connectivity index (χ4n) is 3.12. The van der Waals surface area contributed by atoms with Crippen LogP contribution in [0.1, 0.15) is 33.1 Å². The van der Waals surface area contributed by atoms with E-state index in [1.807, 2.05) is 38.1 Å². The highest BCUT2D eigenvalue weighted by Crippen LogP contribution is 2.28. The normalized spacial score (nSPS) is 17.2. The third kappa shape index (κ3) is 4.44. The molecule has 3 N–H and O–H groups in total. The molecule has 0 saturated carbocycles. The van der Waals surface area contributed by atoms with Crippen molar-refractivity contribution in [2.24, 2.45) is 11.1 Å². The Morgan fingerprint density at radius 1 is 1.40 bits per heavy atom. The first-order valence-electron chi connectivity index (χ1n) is 8.45. The zero-order chi connectivity index (χ0) is 17.7. The Kier molecular flexibility index (Phi) is 7.70. The monoisotopic (exact) mass is 369 g/mol. The third-order valence-corrected chi connectivity index (χ3v) is 5.05. The van der Waals surface area contributed by atoms with Crippen LogP contribution in [0, 0.1) is 5.41 Å². The molecule has 1 aromatic carbocycles. The molecule has 0 aromatic heterocycles. The lowest BCUT2D eigenvalue weighted by molar-refractivity contribution is -0.131. The molecule has 7 heteroatoms. The van der Waals surface area contributed by atoms with Crippen LogP contribution in [0.2, 0.25) is 0 Å². The van der Waals surface area contributed by atoms with Gasteiger partial charge in [0.2, 0.25) is 11.8 Å². The van der Waals surface area contributed by atoms with Gasteiger partial charge in [-0.3, -0.25) is 9.59 Å². The molecule has 1 saturated heterocycles. The molecule has 6 nitrogen and oxygen atoms in total. The average Bonchev–Trinajstić information content (AvgIpc) is 2.97. The Bertz CT molecular complexity index is 597. The molecule has 1 heterocycles. The second-order valence-corrected chi connectivity index (χ2v) is 6.27. The SMILES string of the molecule is CCC(CC)(CN)C(=O)NC1CC(=O)N(c2cccc(OC)c2)C1.Cl. The van der Waals surface area contributed by atoms with E-state index in [1.54, 1.807) is 12.0 Å². The van der Waals surface area contributed by atoms with Crippen LogP contribution in [0.25, 0.3) is 0 Å². The van der Waals surface area contributed by atoms with E-state index in [0.29, 0.717) is 38.1 Å². The summed E-state index contributed by atoms with van der Waals surface area (Å²) < 4.78 is 5.21. The molecule has 2 amide bonds. The van der Waals surface area contributed by atoms with Crippen molar-refractivity contribution in [3.05, 3.63) is 24.3 Å². The Morgan fingerprint density at radius 3 is 2.64 bits per heavy atom. The molecule has 0 radical (unpaired) electrons. The van der Waals surface area contributed by atoms with Crippen LogP contribution in [0.3, 0.4) is 0 Å². The van der Waals surface area contributed by atoms with Crippen LogP contribution in [-0.4, -0.2) is 38.1 Å². The molecule has 1 aliphatic heterocycles. The minimum atomic E-state index is -0.549. The van der Waals surface area contributed by atoms with Crippen molar-refractivity contribution >= 4 is 29.9 Å². The number of carbonyl (C=O) groups is 2. The number of rotatable bonds is 7. The highest BCUT2D eigenvalue weighted by Gasteiger charge is 2.38. The van der Waals surface area contributed by atoms with Crippen LogP contribution in [-0.2, 0) is 9.59 Å². The molecule has 1 aromatic rings. The lowest BCUT2D eigenvalue weighted by atomic mass is 9.81. The number of anilines is 1. The van der Waals surface area contributed by atoms with Gasteiger partial charge >= 0.3 is 0 Å². The van der Waals surface area contributed by atoms with Crippen molar-refractivity contribution in [2.75, 3.05) is 25.1 Å². The van der Waals surface area contributed by atoms with Gasteiger partial charge < -0.3 is 20.7 Å². The maximum absolute atomic E-state index is 12.6. The number of nitrogens with zero attached hydrogens (tertiary/aromatic N) is 1. The molecule has 140 valence electrons. The summed E-state index contributed by atoms with van der Waals surface area (Å²) in [7, 11) is 1.59. The summed E-state index contributed by atoms with van der Waals surface area (Å²) in [5.41, 5.74) is 6.06. The lowest BCUT2D eigenvalue weighted by Crippen LogP contribution is -2.49. The number of halogens is 1. The van der Waals surface area contributed by atoms with Crippen molar-refractivity contribution in [3.8, 4) is 5.75 Å². The van der Waals surface area contributed by atoms with Gasteiger partial charge in [-0.1, -0.05) is 19.9 Å². The predicted molar refractivity (Wildman–Crippen MR) is 101 cm³/mol. The van der Waals surface area contributed by atoms with E-state index < -0.39 is 5.41 Å². The molecular weight excluding hydrogens is 342 g/mol. The van der Waals surface area contributed by atoms with E-state index in [0.717, 1.165) is 5.69 Å². The van der Waals surface area contributed by atoms with Crippen molar-refractivity contribution in [1.29, 1.82) is 0 Å². The van der Waals surface area contributed by atoms with Crippen molar-refractivity contribution in [3.63, 3.8) is 0 Å². The van der Waals surface area contributed by atoms with Crippen LogP contribution < -0.4 is 20.7 Å². The van der Waals surface area contributed by atoms with Crippen LogP contribution in [0.5, 0.6) is 5.75 Å². The van der Waals surface area contributed by atoms with E-state index in [2.05, 4.69) is 5.32 Å². The predicted octanol–water partition coefficient (Wildman–Crippen LogP) is 2.10. The van der Waals surface area contributed by atoms with Crippen molar-refractivity contribution in [1.82, 2.24) is 5.32 Å². The van der Waals surface area contributed by atoms with Crippen LogP contribution in [0.4, 0.5) is 5.69 Å². The summed E-state index contributed by atoms with van der Waals surface area (Å²) in [6.45, 7) is 4.72. The molecule has 0 aliphatic carbocycles. The third-order valence-electron chi connectivity index (χ3n) is 5.05. The quantitative estimate of drug-likeness (QED) is 0.770. The molecular formula is C18H28ClN3O3. The van der Waals surface area contributed by atoms with Crippen molar-refractivity contribution < 1.29 is 14.3 Å². The van der Waals surface area contributed by atoms with Gasteiger partial charge in [0.25, 0.3) is 0 Å².